The Labute approximate surface area is 157 Å². The lowest BCUT2D eigenvalue weighted by Gasteiger charge is -2.19. The molecule has 0 saturated carbocycles. The third-order valence-corrected chi connectivity index (χ3v) is 6.95. The molecule has 132 valence electrons. The number of nitrogens with one attached hydrogen (secondary N) is 1. The summed E-state index contributed by atoms with van der Waals surface area (Å²) in [5.74, 6) is 1.57. The number of thiophene rings is 2. The van der Waals surface area contributed by atoms with E-state index < -0.39 is 0 Å². The van der Waals surface area contributed by atoms with Crippen molar-refractivity contribution in [1.29, 1.82) is 0 Å². The molecule has 26 heavy (non-hydrogen) atoms. The van der Waals surface area contributed by atoms with Crippen molar-refractivity contribution in [3.05, 3.63) is 44.4 Å². The second kappa shape index (κ2) is 6.14. The number of H-pyrrole nitrogens is 1. The number of aromatic nitrogens is 4. The lowest BCUT2D eigenvalue weighted by molar-refractivity contribution is 0.700. The molecule has 1 aliphatic carbocycles. The van der Waals surface area contributed by atoms with Crippen molar-refractivity contribution in [2.45, 2.75) is 32.2 Å². The van der Waals surface area contributed by atoms with Crippen LogP contribution in [0.2, 0.25) is 0 Å². The smallest absolute Gasteiger partial charge is 0.268 e. The van der Waals surface area contributed by atoms with Crippen LogP contribution in [-0.4, -0.2) is 27.0 Å². The van der Waals surface area contributed by atoms with Crippen LogP contribution in [0, 0.1) is 0 Å². The highest BCUT2D eigenvalue weighted by Gasteiger charge is 2.21. The van der Waals surface area contributed by atoms with Crippen LogP contribution in [0.1, 0.15) is 29.1 Å². The highest BCUT2D eigenvalue weighted by Crippen LogP contribution is 2.39. The summed E-state index contributed by atoms with van der Waals surface area (Å²) >= 11 is 3.21. The number of anilines is 1. The van der Waals surface area contributed by atoms with Crippen molar-refractivity contribution in [1.82, 2.24) is 19.9 Å². The average Bonchev–Trinajstić information content (AvgIpc) is 3.25. The van der Waals surface area contributed by atoms with Gasteiger partial charge in [0.2, 0.25) is 0 Å². The van der Waals surface area contributed by atoms with Crippen molar-refractivity contribution >= 4 is 48.9 Å². The summed E-state index contributed by atoms with van der Waals surface area (Å²) < 4.78 is 0.674. The molecule has 0 spiro atoms. The molecule has 4 heterocycles. The first-order valence-corrected chi connectivity index (χ1v) is 10.3. The van der Waals surface area contributed by atoms with E-state index in [0.29, 0.717) is 17.1 Å². The fourth-order valence-corrected chi connectivity index (χ4v) is 5.61. The van der Waals surface area contributed by atoms with Gasteiger partial charge in [-0.15, -0.1) is 22.7 Å². The monoisotopic (exact) mass is 383 g/mol. The Morgan fingerprint density at radius 2 is 2.15 bits per heavy atom. The third kappa shape index (κ3) is 2.52. The van der Waals surface area contributed by atoms with Crippen LogP contribution in [0.4, 0.5) is 5.82 Å². The zero-order valence-corrected chi connectivity index (χ0v) is 15.9. The van der Waals surface area contributed by atoms with Gasteiger partial charge in [-0.05, 0) is 42.7 Å². The summed E-state index contributed by atoms with van der Waals surface area (Å²) in [5, 5.41) is 3.07. The summed E-state index contributed by atoms with van der Waals surface area (Å²) in [6, 6.07) is 1.89. The molecule has 0 unspecified atom stereocenters. The molecule has 0 aliphatic heterocycles. The van der Waals surface area contributed by atoms with Gasteiger partial charge in [-0.1, -0.05) is 0 Å². The summed E-state index contributed by atoms with van der Waals surface area (Å²) in [6.07, 6.45) is 6.35. The minimum Gasteiger partial charge on any atom is -0.352 e. The Morgan fingerprint density at radius 1 is 1.27 bits per heavy atom. The van der Waals surface area contributed by atoms with Gasteiger partial charge in [0.25, 0.3) is 5.56 Å². The molecular weight excluding hydrogens is 366 g/mol. The van der Waals surface area contributed by atoms with E-state index in [0.717, 1.165) is 29.0 Å². The van der Waals surface area contributed by atoms with Gasteiger partial charge >= 0.3 is 0 Å². The zero-order valence-electron chi connectivity index (χ0n) is 14.3. The molecule has 0 bridgehead atoms. The Morgan fingerprint density at radius 3 is 3.08 bits per heavy atom. The van der Waals surface area contributed by atoms with Crippen LogP contribution in [0.25, 0.3) is 20.4 Å². The largest absolute Gasteiger partial charge is 0.352 e. The van der Waals surface area contributed by atoms with Gasteiger partial charge in [-0.3, -0.25) is 4.79 Å². The van der Waals surface area contributed by atoms with Gasteiger partial charge < -0.3 is 9.88 Å². The van der Waals surface area contributed by atoms with Gasteiger partial charge in [0.1, 0.15) is 27.5 Å². The van der Waals surface area contributed by atoms with Crippen LogP contribution in [-0.2, 0) is 19.4 Å². The zero-order chi connectivity index (χ0) is 17.7. The Hall–Kier alpha value is -2.32. The molecule has 4 aromatic heterocycles. The minimum absolute atomic E-state index is 0.0749. The minimum atomic E-state index is -0.0749. The van der Waals surface area contributed by atoms with Crippen molar-refractivity contribution in [2.24, 2.45) is 0 Å². The molecule has 5 rings (SSSR count). The molecular formula is C18H17N5OS2. The first-order valence-electron chi connectivity index (χ1n) is 8.63. The normalized spacial score (nSPS) is 14.0. The molecule has 8 heteroatoms. The van der Waals surface area contributed by atoms with Crippen LogP contribution < -0.4 is 10.5 Å². The molecule has 0 aromatic carbocycles. The van der Waals surface area contributed by atoms with E-state index in [1.165, 1.54) is 40.0 Å². The maximum atomic E-state index is 12.2. The molecule has 0 amide bonds. The fraction of sp³-hybridized carbons (Fsp3) is 0.333. The number of rotatable bonds is 3. The summed E-state index contributed by atoms with van der Waals surface area (Å²) in [5.41, 5.74) is 2.09. The van der Waals surface area contributed by atoms with E-state index in [4.69, 9.17) is 0 Å². The second-order valence-corrected chi connectivity index (χ2v) is 8.59. The molecule has 1 N–H and O–H groups in total. The molecule has 4 aromatic rings. The average molecular weight is 384 g/mol. The van der Waals surface area contributed by atoms with Gasteiger partial charge in [-0.2, -0.15) is 0 Å². The van der Waals surface area contributed by atoms with Gasteiger partial charge in [0.15, 0.2) is 0 Å². The van der Waals surface area contributed by atoms with Crippen molar-refractivity contribution in [2.75, 3.05) is 11.9 Å². The molecule has 0 fully saturated rings. The van der Waals surface area contributed by atoms with E-state index in [-0.39, 0.29) is 5.56 Å². The number of aromatic amines is 1. The Kier molecular flexibility index (Phi) is 3.75. The van der Waals surface area contributed by atoms with E-state index in [1.807, 2.05) is 18.5 Å². The first-order chi connectivity index (χ1) is 12.7. The van der Waals surface area contributed by atoms with E-state index in [2.05, 4.69) is 24.8 Å². The van der Waals surface area contributed by atoms with Gasteiger partial charge in [-0.25, -0.2) is 15.0 Å². The van der Waals surface area contributed by atoms with Crippen molar-refractivity contribution < 1.29 is 0 Å². The maximum Gasteiger partial charge on any atom is 0.268 e. The molecule has 0 saturated heterocycles. The summed E-state index contributed by atoms with van der Waals surface area (Å²) in [7, 11) is 1.99. The number of hydrogen-bond acceptors (Lipinski definition) is 7. The molecule has 1 aliphatic rings. The number of nitrogens with zero attached hydrogens (tertiary/aromatic N) is 4. The highest BCUT2D eigenvalue weighted by atomic mass is 32.1. The lowest BCUT2D eigenvalue weighted by Crippen LogP contribution is -2.22. The number of aryl methyl sites for hydroxylation is 2. The van der Waals surface area contributed by atoms with E-state index in [1.54, 1.807) is 17.7 Å². The predicted molar refractivity (Wildman–Crippen MR) is 106 cm³/mol. The van der Waals surface area contributed by atoms with Crippen LogP contribution >= 0.6 is 22.7 Å². The number of hydrogen-bond donors (Lipinski definition) is 1. The van der Waals surface area contributed by atoms with Gasteiger partial charge in [0.05, 0.1) is 17.4 Å². The highest BCUT2D eigenvalue weighted by molar-refractivity contribution is 7.19. The predicted octanol–water partition coefficient (Wildman–Crippen LogP) is 3.50. The first kappa shape index (κ1) is 15.9. The van der Waals surface area contributed by atoms with E-state index >= 15 is 0 Å². The topological polar surface area (TPSA) is 74.8 Å². The standard InChI is InChI=1S/C18H17N5OS2/c1-23(8-13-21-11-6-7-25-15(11)17(24)22-13)16-14-10-4-2-3-5-12(10)26-18(14)20-9-19-16/h6-7,9H,2-5,8H2,1H3,(H,21,22,24). The Bertz CT molecular complexity index is 1180. The third-order valence-electron chi connectivity index (χ3n) is 4.84. The van der Waals surface area contributed by atoms with Crippen LogP contribution in [0.15, 0.2) is 22.6 Å². The summed E-state index contributed by atoms with van der Waals surface area (Å²) in [4.78, 5) is 33.3. The lowest BCUT2D eigenvalue weighted by atomic mass is 9.97. The van der Waals surface area contributed by atoms with Gasteiger partial charge in [0, 0.05) is 11.9 Å². The van der Waals surface area contributed by atoms with E-state index in [9.17, 15) is 4.79 Å². The maximum absolute atomic E-state index is 12.2. The Balaban J connectivity index is 1.56. The molecule has 0 radical (unpaired) electrons. The summed E-state index contributed by atoms with van der Waals surface area (Å²) in [6.45, 7) is 0.498. The molecule has 0 atom stereocenters. The van der Waals surface area contributed by atoms with Crippen molar-refractivity contribution in [3.8, 4) is 0 Å². The number of fused-ring (bicyclic) bond motifs is 4. The van der Waals surface area contributed by atoms with Crippen molar-refractivity contribution in [3.63, 3.8) is 0 Å². The SMILES string of the molecule is CN(Cc1nc2ccsc2c(=O)[nH]1)c1ncnc2sc3c(c12)CCCC3. The van der Waals surface area contributed by atoms with Crippen LogP contribution in [0.5, 0.6) is 0 Å². The fourth-order valence-electron chi connectivity index (χ4n) is 3.66. The quantitative estimate of drug-likeness (QED) is 0.586. The van der Waals surface area contributed by atoms with Crippen LogP contribution in [0.3, 0.4) is 0 Å². The molecule has 6 nitrogen and oxygen atoms in total. The second-order valence-electron chi connectivity index (χ2n) is 6.59.